The maximum atomic E-state index is 13.9. The van der Waals surface area contributed by atoms with Gasteiger partial charge < -0.3 is 21.2 Å². The number of anilines is 2. The van der Waals surface area contributed by atoms with E-state index in [1.54, 1.807) is 23.3 Å². The molecule has 0 aliphatic carbocycles. The molecule has 3 rings (SSSR count). The number of nitrogens with two attached hydrogens (primary N) is 1. The van der Waals surface area contributed by atoms with Gasteiger partial charge in [-0.05, 0) is 44.0 Å². The summed E-state index contributed by atoms with van der Waals surface area (Å²) in [6.07, 6.45) is 1.04. The van der Waals surface area contributed by atoms with Crippen LogP contribution in [0.5, 0.6) is 0 Å². The average molecular weight is 401 g/mol. The molecule has 0 atom stereocenters. The highest BCUT2D eigenvalue weighted by Crippen LogP contribution is 2.21. The Morgan fingerprint density at radius 3 is 2.59 bits per heavy atom. The van der Waals surface area contributed by atoms with Gasteiger partial charge in [-0.25, -0.2) is 14.2 Å². The standard InChI is InChI=1S/C20H24FN5O3/c1-2-23-20(28)29-26-11-9-13(10-12-26)24-17-8-7-15(19(22)25-17)18(27)14-5-3-4-6-16(14)21/h3-8,13H,2,9-12H2,1H3,(H,23,28)(H3,22,24,25). The monoisotopic (exact) mass is 401 g/mol. The van der Waals surface area contributed by atoms with Crippen molar-refractivity contribution in [1.29, 1.82) is 0 Å². The molecule has 4 N–H and O–H groups in total. The summed E-state index contributed by atoms with van der Waals surface area (Å²) in [4.78, 5) is 33.4. The number of nitrogens with zero attached hydrogens (tertiary/aromatic N) is 2. The molecule has 1 fully saturated rings. The first kappa shape index (κ1) is 20.5. The lowest BCUT2D eigenvalue weighted by molar-refractivity contribution is -0.112. The van der Waals surface area contributed by atoms with E-state index in [0.29, 0.717) is 25.5 Å². The van der Waals surface area contributed by atoms with Crippen LogP contribution in [0.2, 0.25) is 0 Å². The topological polar surface area (TPSA) is 110 Å². The zero-order valence-electron chi connectivity index (χ0n) is 16.2. The van der Waals surface area contributed by atoms with E-state index >= 15 is 0 Å². The number of carbonyl (C=O) groups is 2. The van der Waals surface area contributed by atoms with Gasteiger partial charge >= 0.3 is 6.09 Å². The summed E-state index contributed by atoms with van der Waals surface area (Å²) in [5, 5.41) is 7.49. The molecule has 0 radical (unpaired) electrons. The molecule has 1 amide bonds. The molecule has 1 aromatic heterocycles. The quantitative estimate of drug-likeness (QED) is 0.638. The lowest BCUT2D eigenvalue weighted by Crippen LogP contribution is -2.42. The first-order chi connectivity index (χ1) is 14.0. The number of hydroxylamine groups is 2. The molecule has 154 valence electrons. The second-order valence-electron chi connectivity index (χ2n) is 6.69. The van der Waals surface area contributed by atoms with Crippen molar-refractivity contribution in [2.45, 2.75) is 25.8 Å². The maximum Gasteiger partial charge on any atom is 0.426 e. The van der Waals surface area contributed by atoms with E-state index in [1.807, 2.05) is 6.92 Å². The van der Waals surface area contributed by atoms with Gasteiger partial charge in [0.1, 0.15) is 17.5 Å². The highest BCUT2D eigenvalue weighted by molar-refractivity contribution is 6.11. The smallest absolute Gasteiger partial charge is 0.383 e. The lowest BCUT2D eigenvalue weighted by atomic mass is 10.0. The number of pyridine rings is 1. The van der Waals surface area contributed by atoms with E-state index in [1.165, 1.54) is 18.2 Å². The highest BCUT2D eigenvalue weighted by atomic mass is 19.1. The predicted molar refractivity (Wildman–Crippen MR) is 107 cm³/mol. The zero-order valence-corrected chi connectivity index (χ0v) is 16.2. The van der Waals surface area contributed by atoms with Crippen molar-refractivity contribution in [3.63, 3.8) is 0 Å². The van der Waals surface area contributed by atoms with Crippen LogP contribution < -0.4 is 16.4 Å². The average Bonchev–Trinajstić information content (AvgIpc) is 2.70. The van der Waals surface area contributed by atoms with Gasteiger partial charge in [0.25, 0.3) is 0 Å². The molecule has 8 nitrogen and oxygen atoms in total. The van der Waals surface area contributed by atoms with E-state index in [-0.39, 0.29) is 23.0 Å². The number of ketones is 1. The minimum atomic E-state index is -0.597. The molecule has 2 heterocycles. The number of halogens is 1. The minimum absolute atomic E-state index is 0.0406. The van der Waals surface area contributed by atoms with Gasteiger partial charge in [-0.2, -0.15) is 0 Å². The second-order valence-corrected chi connectivity index (χ2v) is 6.69. The number of benzene rings is 1. The molecule has 1 aliphatic heterocycles. The Bertz CT molecular complexity index is 884. The van der Waals surface area contributed by atoms with Crippen LogP contribution >= 0.6 is 0 Å². The number of nitrogens with one attached hydrogen (secondary N) is 2. The first-order valence-corrected chi connectivity index (χ1v) is 9.51. The summed E-state index contributed by atoms with van der Waals surface area (Å²) >= 11 is 0. The number of hydrogen-bond acceptors (Lipinski definition) is 7. The zero-order chi connectivity index (χ0) is 20.8. The summed E-state index contributed by atoms with van der Waals surface area (Å²) in [7, 11) is 0. The van der Waals surface area contributed by atoms with Crippen LogP contribution in [-0.2, 0) is 4.84 Å². The van der Waals surface area contributed by atoms with Crippen molar-refractivity contribution in [2.24, 2.45) is 0 Å². The van der Waals surface area contributed by atoms with Gasteiger partial charge in [-0.1, -0.05) is 12.1 Å². The molecule has 0 bridgehead atoms. The van der Waals surface area contributed by atoms with Gasteiger partial charge in [-0.15, -0.1) is 5.06 Å². The number of nitrogen functional groups attached to an aromatic ring is 1. The summed E-state index contributed by atoms with van der Waals surface area (Å²) in [6.45, 7) is 3.52. The minimum Gasteiger partial charge on any atom is -0.383 e. The lowest BCUT2D eigenvalue weighted by Gasteiger charge is -2.31. The predicted octanol–water partition coefficient (Wildman–Crippen LogP) is 2.57. The maximum absolute atomic E-state index is 13.9. The number of hydrogen-bond donors (Lipinski definition) is 3. The Kier molecular flexibility index (Phi) is 6.61. The van der Waals surface area contributed by atoms with Crippen molar-refractivity contribution < 1.29 is 18.8 Å². The SMILES string of the molecule is CCNC(=O)ON1CCC(Nc2ccc(C(=O)c3ccccc3F)c(N)n2)CC1. The Labute approximate surface area is 168 Å². The third-order valence-corrected chi connectivity index (χ3v) is 4.63. The van der Waals surface area contributed by atoms with Crippen LogP contribution in [0.4, 0.5) is 20.8 Å². The fourth-order valence-electron chi connectivity index (χ4n) is 3.13. The fraction of sp³-hybridized carbons (Fsp3) is 0.350. The number of piperidine rings is 1. The molecule has 1 aromatic carbocycles. The van der Waals surface area contributed by atoms with E-state index in [2.05, 4.69) is 15.6 Å². The normalized spacial score (nSPS) is 15.0. The summed E-state index contributed by atoms with van der Waals surface area (Å²) in [5.41, 5.74) is 6.07. The number of carbonyl (C=O) groups excluding carboxylic acids is 2. The van der Waals surface area contributed by atoms with Gasteiger partial charge in [0.05, 0.1) is 11.1 Å². The third kappa shape index (κ3) is 5.20. The Balaban J connectivity index is 1.58. The second kappa shape index (κ2) is 9.33. The molecular weight excluding hydrogens is 377 g/mol. The van der Waals surface area contributed by atoms with E-state index in [4.69, 9.17) is 10.6 Å². The number of aromatic nitrogens is 1. The highest BCUT2D eigenvalue weighted by Gasteiger charge is 2.23. The molecule has 9 heteroatoms. The van der Waals surface area contributed by atoms with Crippen molar-refractivity contribution >= 4 is 23.5 Å². The van der Waals surface area contributed by atoms with E-state index in [0.717, 1.165) is 12.8 Å². The van der Waals surface area contributed by atoms with Crippen molar-refractivity contribution in [2.75, 3.05) is 30.7 Å². The third-order valence-electron chi connectivity index (χ3n) is 4.63. The number of rotatable bonds is 6. The van der Waals surface area contributed by atoms with Crippen molar-refractivity contribution in [3.8, 4) is 0 Å². The van der Waals surface area contributed by atoms with E-state index < -0.39 is 17.7 Å². The van der Waals surface area contributed by atoms with Gasteiger partial charge in [0, 0.05) is 25.7 Å². The van der Waals surface area contributed by atoms with Crippen LogP contribution in [0, 0.1) is 5.82 Å². The molecule has 2 aromatic rings. The fourth-order valence-corrected chi connectivity index (χ4v) is 3.13. The van der Waals surface area contributed by atoms with Gasteiger partial charge in [-0.3, -0.25) is 4.79 Å². The largest absolute Gasteiger partial charge is 0.426 e. The molecule has 0 spiro atoms. The van der Waals surface area contributed by atoms with Crippen LogP contribution in [0.25, 0.3) is 0 Å². The number of amides is 1. The van der Waals surface area contributed by atoms with Gasteiger partial charge in [0.15, 0.2) is 5.78 Å². The first-order valence-electron chi connectivity index (χ1n) is 9.51. The Morgan fingerprint density at radius 1 is 1.21 bits per heavy atom. The summed E-state index contributed by atoms with van der Waals surface area (Å²) in [5.74, 6) is -0.521. The molecule has 1 saturated heterocycles. The van der Waals surface area contributed by atoms with Crippen LogP contribution in [0.1, 0.15) is 35.7 Å². The summed E-state index contributed by atoms with van der Waals surface area (Å²) < 4.78 is 13.9. The van der Waals surface area contributed by atoms with Gasteiger partial charge in [0.2, 0.25) is 0 Å². The molecule has 1 aliphatic rings. The van der Waals surface area contributed by atoms with Crippen LogP contribution in [-0.4, -0.2) is 47.6 Å². The van der Waals surface area contributed by atoms with Crippen molar-refractivity contribution in [1.82, 2.24) is 15.4 Å². The van der Waals surface area contributed by atoms with Crippen LogP contribution in [0.3, 0.4) is 0 Å². The molecule has 29 heavy (non-hydrogen) atoms. The molecular formula is C20H24FN5O3. The Hall–Kier alpha value is -3.20. The molecule has 0 saturated carbocycles. The Morgan fingerprint density at radius 2 is 1.93 bits per heavy atom. The van der Waals surface area contributed by atoms with Crippen molar-refractivity contribution in [3.05, 3.63) is 53.3 Å². The summed E-state index contributed by atoms with van der Waals surface area (Å²) in [6, 6.07) is 9.10. The van der Waals surface area contributed by atoms with E-state index in [9.17, 15) is 14.0 Å². The van der Waals surface area contributed by atoms with Crippen LogP contribution in [0.15, 0.2) is 36.4 Å². The molecule has 0 unspecified atom stereocenters.